The molecular weight excluding hydrogens is 528 g/mol. The predicted octanol–water partition coefficient (Wildman–Crippen LogP) is 5.50. The van der Waals surface area contributed by atoms with E-state index in [-0.39, 0.29) is 23.2 Å². The third-order valence-electron chi connectivity index (χ3n) is 6.84. The first kappa shape index (κ1) is 29.5. The van der Waals surface area contributed by atoms with Crippen LogP contribution < -0.4 is 4.90 Å². The number of hydrogen-bond acceptors (Lipinski definition) is 6. The molecule has 1 aromatic heterocycles. The van der Waals surface area contributed by atoms with Gasteiger partial charge >= 0.3 is 0 Å². The summed E-state index contributed by atoms with van der Waals surface area (Å²) in [5, 5.41) is 0.670. The summed E-state index contributed by atoms with van der Waals surface area (Å²) in [4.78, 5) is 22.6. The van der Waals surface area contributed by atoms with Gasteiger partial charge in [-0.3, -0.25) is 9.69 Å². The fourth-order valence-corrected chi connectivity index (χ4v) is 7.08. The highest BCUT2D eigenvalue weighted by Crippen LogP contribution is 2.33. The maximum atomic E-state index is 13.7. The Morgan fingerprint density at radius 3 is 2.24 bits per heavy atom. The number of sulfonamides is 1. The van der Waals surface area contributed by atoms with Crippen LogP contribution in [0.25, 0.3) is 10.2 Å². The van der Waals surface area contributed by atoms with Crippen LogP contribution in [-0.2, 0) is 10.0 Å². The summed E-state index contributed by atoms with van der Waals surface area (Å²) >= 11 is 1.52. The largest absolute Gasteiger partial charge is 0.309 e. The van der Waals surface area contributed by atoms with E-state index in [4.69, 9.17) is 4.98 Å². The van der Waals surface area contributed by atoms with Crippen molar-refractivity contribution in [3.05, 3.63) is 53.1 Å². The Morgan fingerprint density at radius 1 is 0.973 bits per heavy atom. The zero-order valence-electron chi connectivity index (χ0n) is 22.1. The fraction of sp³-hybridized carbons (Fsp3) is 0.481. The maximum Gasteiger partial charge on any atom is 0.260 e. The van der Waals surface area contributed by atoms with Crippen LogP contribution in [0.5, 0.6) is 0 Å². The molecule has 10 heteroatoms. The summed E-state index contributed by atoms with van der Waals surface area (Å²) < 4.78 is 28.9. The molecule has 0 N–H and O–H groups in total. The molecule has 37 heavy (non-hydrogen) atoms. The van der Waals surface area contributed by atoms with Crippen LogP contribution >= 0.6 is 23.7 Å². The number of aromatic nitrogens is 1. The lowest BCUT2D eigenvalue weighted by molar-refractivity contribution is 0.0986. The van der Waals surface area contributed by atoms with Gasteiger partial charge in [0.25, 0.3) is 5.91 Å². The number of nitrogens with zero attached hydrogens (tertiary/aromatic N) is 4. The van der Waals surface area contributed by atoms with Gasteiger partial charge in [0, 0.05) is 25.2 Å². The topological polar surface area (TPSA) is 73.8 Å². The van der Waals surface area contributed by atoms with Crippen molar-refractivity contribution >= 4 is 55.0 Å². The van der Waals surface area contributed by atoms with Crippen molar-refractivity contribution in [1.82, 2.24) is 14.2 Å². The highest BCUT2D eigenvalue weighted by molar-refractivity contribution is 7.89. The highest BCUT2D eigenvalue weighted by atomic mass is 35.5. The van der Waals surface area contributed by atoms with Gasteiger partial charge in [-0.15, -0.1) is 12.4 Å². The second-order valence-electron chi connectivity index (χ2n) is 9.81. The Kier molecular flexibility index (Phi) is 10.1. The standard InChI is InChI=1S/C27H36N4O3S2.ClH/c1-20-10-15-24-25(21(20)2)28-27(35-24)31(19-9-16-29(3)4)26(32)22-11-13-23(14-12-22)36(33,34)30-17-7-5-6-8-18-30;/h10-15H,5-9,16-19H2,1-4H3;1H. The van der Waals surface area contributed by atoms with E-state index in [0.717, 1.165) is 54.4 Å². The van der Waals surface area contributed by atoms with Gasteiger partial charge in [-0.25, -0.2) is 13.4 Å². The van der Waals surface area contributed by atoms with Crippen LogP contribution in [0.1, 0.15) is 53.6 Å². The molecule has 3 aromatic rings. The van der Waals surface area contributed by atoms with Gasteiger partial charge in [0.2, 0.25) is 10.0 Å². The number of benzene rings is 2. The number of halogens is 1. The second-order valence-corrected chi connectivity index (χ2v) is 12.8. The van der Waals surface area contributed by atoms with Crippen LogP contribution in [0.15, 0.2) is 41.3 Å². The van der Waals surface area contributed by atoms with E-state index in [2.05, 4.69) is 30.9 Å². The molecule has 0 unspecified atom stereocenters. The molecule has 0 aliphatic carbocycles. The third kappa shape index (κ3) is 6.70. The van der Waals surface area contributed by atoms with E-state index < -0.39 is 10.0 Å². The molecule has 7 nitrogen and oxygen atoms in total. The monoisotopic (exact) mass is 564 g/mol. The zero-order chi connectivity index (χ0) is 25.9. The van der Waals surface area contributed by atoms with Gasteiger partial charge in [0.15, 0.2) is 5.13 Å². The van der Waals surface area contributed by atoms with E-state index in [1.54, 1.807) is 33.5 Å². The zero-order valence-corrected chi connectivity index (χ0v) is 24.5. The van der Waals surface area contributed by atoms with Crippen LogP contribution in [0.4, 0.5) is 5.13 Å². The number of amides is 1. The average molecular weight is 565 g/mol. The molecular formula is C27H37ClN4O3S2. The minimum atomic E-state index is -3.56. The quantitative estimate of drug-likeness (QED) is 0.361. The van der Waals surface area contributed by atoms with Crippen molar-refractivity contribution in [2.45, 2.75) is 50.8 Å². The van der Waals surface area contributed by atoms with Crippen molar-refractivity contribution < 1.29 is 13.2 Å². The molecule has 0 bridgehead atoms. The lowest BCUT2D eigenvalue weighted by Crippen LogP contribution is -2.34. The molecule has 0 atom stereocenters. The Hall–Kier alpha value is -2.04. The van der Waals surface area contributed by atoms with Crippen LogP contribution in [-0.4, -0.2) is 68.8 Å². The normalized spacial score (nSPS) is 14.9. The smallest absolute Gasteiger partial charge is 0.260 e. The summed E-state index contributed by atoms with van der Waals surface area (Å²) in [6.45, 7) is 6.61. The Morgan fingerprint density at radius 2 is 1.62 bits per heavy atom. The Labute approximate surface area is 230 Å². The number of aryl methyl sites for hydroxylation is 2. The van der Waals surface area contributed by atoms with E-state index in [1.165, 1.54) is 16.9 Å². The summed E-state index contributed by atoms with van der Waals surface area (Å²) in [7, 11) is 0.469. The first-order chi connectivity index (χ1) is 17.2. The highest BCUT2D eigenvalue weighted by Gasteiger charge is 2.26. The molecule has 2 aromatic carbocycles. The number of thiazole rings is 1. The number of rotatable bonds is 8. The molecule has 1 saturated heterocycles. The van der Waals surface area contributed by atoms with E-state index in [1.807, 2.05) is 14.1 Å². The van der Waals surface area contributed by atoms with Crippen LogP contribution in [0, 0.1) is 13.8 Å². The number of fused-ring (bicyclic) bond motifs is 1. The van der Waals surface area contributed by atoms with Crippen LogP contribution in [0.2, 0.25) is 0 Å². The van der Waals surface area contributed by atoms with Gasteiger partial charge in [0.05, 0.1) is 15.1 Å². The van der Waals surface area contributed by atoms with E-state index in [0.29, 0.717) is 30.3 Å². The summed E-state index contributed by atoms with van der Waals surface area (Å²) in [5.74, 6) is -0.166. The van der Waals surface area contributed by atoms with Crippen molar-refractivity contribution in [1.29, 1.82) is 0 Å². The van der Waals surface area contributed by atoms with E-state index >= 15 is 0 Å². The molecule has 1 amide bonds. The second kappa shape index (κ2) is 12.7. The maximum absolute atomic E-state index is 13.7. The molecule has 0 radical (unpaired) electrons. The Bertz CT molecular complexity index is 1320. The molecule has 0 saturated carbocycles. The molecule has 1 aliphatic heterocycles. The lowest BCUT2D eigenvalue weighted by Gasteiger charge is -2.22. The molecule has 1 aliphatic rings. The van der Waals surface area contributed by atoms with Crippen molar-refractivity contribution in [2.75, 3.05) is 45.2 Å². The van der Waals surface area contributed by atoms with Gasteiger partial charge in [0.1, 0.15) is 0 Å². The van der Waals surface area contributed by atoms with Crippen molar-refractivity contribution in [3.8, 4) is 0 Å². The minimum absolute atomic E-state index is 0. The number of carbonyl (C=O) groups excluding carboxylic acids is 1. The van der Waals surface area contributed by atoms with Gasteiger partial charge in [-0.2, -0.15) is 4.31 Å². The number of hydrogen-bond donors (Lipinski definition) is 0. The van der Waals surface area contributed by atoms with Crippen molar-refractivity contribution in [3.63, 3.8) is 0 Å². The average Bonchev–Trinajstić information content (AvgIpc) is 3.09. The molecule has 2 heterocycles. The van der Waals surface area contributed by atoms with Gasteiger partial charge < -0.3 is 4.90 Å². The molecule has 1 fully saturated rings. The lowest BCUT2D eigenvalue weighted by atomic mass is 10.1. The van der Waals surface area contributed by atoms with Crippen molar-refractivity contribution in [2.24, 2.45) is 0 Å². The molecule has 4 rings (SSSR count). The van der Waals surface area contributed by atoms with E-state index in [9.17, 15) is 13.2 Å². The minimum Gasteiger partial charge on any atom is -0.309 e. The first-order valence-corrected chi connectivity index (χ1v) is 14.9. The molecule has 0 spiro atoms. The summed E-state index contributed by atoms with van der Waals surface area (Å²) in [6, 6.07) is 10.5. The van der Waals surface area contributed by atoms with Gasteiger partial charge in [-0.1, -0.05) is 30.2 Å². The fourth-order valence-electron chi connectivity index (χ4n) is 4.52. The summed E-state index contributed by atoms with van der Waals surface area (Å²) in [5.41, 5.74) is 3.69. The number of anilines is 1. The number of carbonyl (C=O) groups is 1. The summed E-state index contributed by atoms with van der Waals surface area (Å²) in [6.07, 6.45) is 4.70. The first-order valence-electron chi connectivity index (χ1n) is 12.6. The predicted molar refractivity (Wildman–Crippen MR) is 155 cm³/mol. The SMILES string of the molecule is Cc1ccc2sc(N(CCCN(C)C)C(=O)c3ccc(S(=O)(=O)N4CCCCCC4)cc3)nc2c1C.Cl. The van der Waals surface area contributed by atoms with Gasteiger partial charge in [-0.05, 0) is 95.2 Å². The Balaban J connectivity index is 0.00000380. The third-order valence-corrected chi connectivity index (χ3v) is 9.80. The van der Waals surface area contributed by atoms with Crippen LogP contribution in [0.3, 0.4) is 0 Å². The molecule has 202 valence electrons.